The first kappa shape index (κ1) is 19.6. The SMILES string of the molecule is Cc1nnc(SC2CCN(S(=O)(=O)c3cccc(C(F)(F)F)c3)CC2)s1. The van der Waals surface area contributed by atoms with Crippen molar-refractivity contribution in [2.45, 2.75) is 40.4 Å². The molecule has 0 unspecified atom stereocenters. The summed E-state index contributed by atoms with van der Waals surface area (Å²) in [5.41, 5.74) is -0.962. The van der Waals surface area contributed by atoms with Crippen molar-refractivity contribution >= 4 is 33.1 Å². The van der Waals surface area contributed by atoms with Crippen LogP contribution in [-0.2, 0) is 16.2 Å². The van der Waals surface area contributed by atoms with Crippen LogP contribution in [0.3, 0.4) is 0 Å². The Balaban J connectivity index is 1.68. The summed E-state index contributed by atoms with van der Waals surface area (Å²) in [6, 6.07) is 3.89. The van der Waals surface area contributed by atoms with Gasteiger partial charge in [-0.25, -0.2) is 8.42 Å². The van der Waals surface area contributed by atoms with Crippen LogP contribution in [0.15, 0.2) is 33.5 Å². The summed E-state index contributed by atoms with van der Waals surface area (Å²) in [6.07, 6.45) is -3.35. The highest BCUT2D eigenvalue weighted by molar-refractivity contribution is 8.01. The molecule has 1 aliphatic rings. The van der Waals surface area contributed by atoms with E-state index in [9.17, 15) is 21.6 Å². The van der Waals surface area contributed by atoms with Crippen molar-refractivity contribution in [3.05, 3.63) is 34.8 Å². The lowest BCUT2D eigenvalue weighted by molar-refractivity contribution is -0.137. The van der Waals surface area contributed by atoms with E-state index in [0.717, 1.165) is 21.5 Å². The fourth-order valence-electron chi connectivity index (χ4n) is 2.64. The summed E-state index contributed by atoms with van der Waals surface area (Å²) in [6.45, 7) is 2.41. The Labute approximate surface area is 157 Å². The Kier molecular flexibility index (Phi) is 5.61. The van der Waals surface area contributed by atoms with E-state index >= 15 is 0 Å². The second kappa shape index (κ2) is 7.45. The topological polar surface area (TPSA) is 63.2 Å². The first-order chi connectivity index (χ1) is 12.2. The highest BCUT2D eigenvalue weighted by Gasteiger charge is 2.34. The third-order valence-electron chi connectivity index (χ3n) is 3.98. The van der Waals surface area contributed by atoms with E-state index in [1.54, 1.807) is 11.8 Å². The highest BCUT2D eigenvalue weighted by atomic mass is 32.2. The van der Waals surface area contributed by atoms with Crippen LogP contribution in [0.1, 0.15) is 23.4 Å². The normalized spacial score (nSPS) is 17.5. The first-order valence-electron chi connectivity index (χ1n) is 7.80. The van der Waals surface area contributed by atoms with Crippen molar-refractivity contribution < 1.29 is 21.6 Å². The largest absolute Gasteiger partial charge is 0.416 e. The van der Waals surface area contributed by atoms with E-state index in [1.165, 1.54) is 21.7 Å². The van der Waals surface area contributed by atoms with Gasteiger partial charge in [0.25, 0.3) is 0 Å². The third kappa shape index (κ3) is 4.38. The molecular weight excluding hydrogens is 407 g/mol. The van der Waals surface area contributed by atoms with E-state index in [4.69, 9.17) is 0 Å². The molecule has 11 heteroatoms. The zero-order chi connectivity index (χ0) is 18.9. The molecule has 142 valence electrons. The van der Waals surface area contributed by atoms with E-state index in [-0.39, 0.29) is 23.2 Å². The third-order valence-corrected chi connectivity index (χ3v) is 8.13. The molecule has 0 saturated carbocycles. The zero-order valence-electron chi connectivity index (χ0n) is 13.7. The molecule has 0 spiro atoms. The second-order valence-corrected chi connectivity index (χ2v) is 10.5. The number of halogens is 3. The lowest BCUT2D eigenvalue weighted by Crippen LogP contribution is -2.39. The van der Waals surface area contributed by atoms with E-state index in [1.807, 2.05) is 6.92 Å². The van der Waals surface area contributed by atoms with Crippen molar-refractivity contribution in [3.8, 4) is 0 Å². The van der Waals surface area contributed by atoms with Gasteiger partial charge in [0.2, 0.25) is 10.0 Å². The maximum Gasteiger partial charge on any atom is 0.416 e. The minimum Gasteiger partial charge on any atom is -0.207 e. The van der Waals surface area contributed by atoms with E-state index < -0.39 is 21.8 Å². The number of aryl methyl sites for hydroxylation is 1. The van der Waals surface area contributed by atoms with Crippen LogP contribution < -0.4 is 0 Å². The van der Waals surface area contributed by atoms with Gasteiger partial charge < -0.3 is 0 Å². The Morgan fingerprint density at radius 3 is 2.50 bits per heavy atom. The molecule has 1 aromatic carbocycles. The average Bonchev–Trinajstić information content (AvgIpc) is 2.99. The predicted octanol–water partition coefficient (Wildman–Crippen LogP) is 3.81. The molecule has 0 amide bonds. The van der Waals surface area contributed by atoms with Gasteiger partial charge in [0.05, 0.1) is 10.5 Å². The number of sulfonamides is 1. The smallest absolute Gasteiger partial charge is 0.207 e. The van der Waals surface area contributed by atoms with Crippen LogP contribution in [0.2, 0.25) is 0 Å². The molecule has 0 N–H and O–H groups in total. The number of benzene rings is 1. The first-order valence-corrected chi connectivity index (χ1v) is 10.9. The molecule has 0 radical (unpaired) electrons. The number of aromatic nitrogens is 2. The Morgan fingerprint density at radius 2 is 1.92 bits per heavy atom. The van der Waals surface area contributed by atoms with Crippen LogP contribution in [0.5, 0.6) is 0 Å². The molecule has 5 nitrogen and oxygen atoms in total. The molecular formula is C15H16F3N3O2S3. The van der Waals surface area contributed by atoms with Crippen LogP contribution >= 0.6 is 23.1 Å². The standard InChI is InChI=1S/C15H16F3N3O2S3/c1-10-19-20-14(24-10)25-12-5-7-21(8-6-12)26(22,23)13-4-2-3-11(9-13)15(16,17)18/h2-4,9,12H,5-8H2,1H3. The quantitative estimate of drug-likeness (QED) is 0.748. The number of piperidine rings is 1. The molecule has 0 bridgehead atoms. The Bertz CT molecular complexity index is 876. The highest BCUT2D eigenvalue weighted by Crippen LogP contribution is 2.35. The molecule has 26 heavy (non-hydrogen) atoms. The van der Waals surface area contributed by atoms with Gasteiger partial charge >= 0.3 is 6.18 Å². The molecule has 1 aromatic heterocycles. The molecule has 3 rings (SSSR count). The molecule has 2 aromatic rings. The van der Waals surface area contributed by atoms with Gasteiger partial charge in [-0.15, -0.1) is 10.2 Å². The molecule has 1 fully saturated rings. The van der Waals surface area contributed by atoms with Crippen molar-refractivity contribution in [1.29, 1.82) is 0 Å². The van der Waals surface area contributed by atoms with Gasteiger partial charge in [-0.2, -0.15) is 17.5 Å². The summed E-state index contributed by atoms with van der Waals surface area (Å²) in [4.78, 5) is -0.321. The molecule has 0 aliphatic carbocycles. The maximum absolute atomic E-state index is 12.8. The number of hydrogen-bond donors (Lipinski definition) is 0. The van der Waals surface area contributed by atoms with Crippen molar-refractivity contribution in [2.75, 3.05) is 13.1 Å². The van der Waals surface area contributed by atoms with Crippen LogP contribution in [0, 0.1) is 6.92 Å². The molecule has 2 heterocycles. The zero-order valence-corrected chi connectivity index (χ0v) is 16.2. The molecule has 0 atom stereocenters. The Hall–Kier alpha value is -1.17. The summed E-state index contributed by atoms with van der Waals surface area (Å²) >= 11 is 3.07. The lowest BCUT2D eigenvalue weighted by Gasteiger charge is -2.30. The monoisotopic (exact) mass is 423 g/mol. The number of thioether (sulfide) groups is 1. The average molecular weight is 424 g/mol. The van der Waals surface area contributed by atoms with Crippen molar-refractivity contribution in [3.63, 3.8) is 0 Å². The van der Waals surface area contributed by atoms with Crippen molar-refractivity contribution in [2.24, 2.45) is 0 Å². The second-order valence-electron chi connectivity index (χ2n) is 5.83. The summed E-state index contributed by atoms with van der Waals surface area (Å²) in [5.74, 6) is 0. The minimum absolute atomic E-state index is 0.218. The lowest BCUT2D eigenvalue weighted by atomic mass is 10.2. The van der Waals surface area contributed by atoms with Crippen LogP contribution in [0.25, 0.3) is 0 Å². The summed E-state index contributed by atoms with van der Waals surface area (Å²) < 4.78 is 65.9. The maximum atomic E-state index is 12.8. The number of nitrogens with zero attached hydrogens (tertiary/aromatic N) is 3. The molecule has 1 saturated heterocycles. The summed E-state index contributed by atoms with van der Waals surface area (Å²) in [5, 5.41) is 9.09. The van der Waals surface area contributed by atoms with Gasteiger partial charge in [0, 0.05) is 18.3 Å². The van der Waals surface area contributed by atoms with Crippen LogP contribution in [-0.4, -0.2) is 41.3 Å². The number of hydrogen-bond acceptors (Lipinski definition) is 6. The minimum atomic E-state index is -4.57. The van der Waals surface area contributed by atoms with Gasteiger partial charge in [0.1, 0.15) is 5.01 Å². The van der Waals surface area contributed by atoms with Crippen molar-refractivity contribution in [1.82, 2.24) is 14.5 Å². The van der Waals surface area contributed by atoms with Gasteiger partial charge in [-0.1, -0.05) is 29.2 Å². The fourth-order valence-corrected chi connectivity index (χ4v) is 6.36. The summed E-state index contributed by atoms with van der Waals surface area (Å²) in [7, 11) is -3.94. The van der Waals surface area contributed by atoms with E-state index in [0.29, 0.717) is 18.9 Å². The predicted molar refractivity (Wildman–Crippen MR) is 93.7 cm³/mol. The van der Waals surface area contributed by atoms with Gasteiger partial charge in [0.15, 0.2) is 4.34 Å². The fraction of sp³-hybridized carbons (Fsp3) is 0.467. The van der Waals surface area contributed by atoms with Gasteiger partial charge in [-0.05, 0) is 38.0 Å². The number of alkyl halides is 3. The Morgan fingerprint density at radius 1 is 1.23 bits per heavy atom. The van der Waals surface area contributed by atoms with Gasteiger partial charge in [-0.3, -0.25) is 0 Å². The van der Waals surface area contributed by atoms with Crippen LogP contribution in [0.4, 0.5) is 13.2 Å². The molecule has 1 aliphatic heterocycles. The van der Waals surface area contributed by atoms with E-state index in [2.05, 4.69) is 10.2 Å². The number of rotatable bonds is 4.